The monoisotopic (exact) mass is 569 g/mol. The number of hydrogen-bond acceptors (Lipinski definition) is 7. The highest BCUT2D eigenvalue weighted by Crippen LogP contribution is 2.31. The minimum Gasteiger partial charge on any atom is -0.481 e. The van der Waals surface area contributed by atoms with Gasteiger partial charge in [-0.25, -0.2) is 15.0 Å². The Bertz CT molecular complexity index is 1270. The normalized spacial score (nSPS) is 17.4. The molecule has 0 saturated carbocycles. The van der Waals surface area contributed by atoms with Gasteiger partial charge in [-0.15, -0.1) is 0 Å². The lowest BCUT2D eigenvalue weighted by atomic mass is 9.93. The molecule has 2 aliphatic heterocycles. The summed E-state index contributed by atoms with van der Waals surface area (Å²) < 4.78 is 6.15. The van der Waals surface area contributed by atoms with Gasteiger partial charge in [0.15, 0.2) is 5.75 Å². The van der Waals surface area contributed by atoms with E-state index in [-0.39, 0.29) is 12.3 Å². The summed E-state index contributed by atoms with van der Waals surface area (Å²) in [6.45, 7) is 6.60. The largest absolute Gasteiger partial charge is 0.481 e. The van der Waals surface area contributed by atoms with E-state index in [4.69, 9.17) is 38.0 Å². The predicted molar refractivity (Wildman–Crippen MR) is 153 cm³/mol. The summed E-state index contributed by atoms with van der Waals surface area (Å²) in [6.07, 6.45) is 7.65. The summed E-state index contributed by atoms with van der Waals surface area (Å²) >= 11 is 12.6. The molecule has 39 heavy (non-hydrogen) atoms. The van der Waals surface area contributed by atoms with E-state index in [1.165, 1.54) is 0 Å². The van der Waals surface area contributed by atoms with Gasteiger partial charge in [0.25, 0.3) is 0 Å². The number of piperidine rings is 2. The van der Waals surface area contributed by atoms with E-state index < -0.39 is 5.97 Å². The standard InChI is InChI=1S/C29H33Cl2N5O3/c1-19-2-8-36(9-3-19)29-32-16-25(17-33-29)39-27-11-21(18-35-6-4-20(5-7-35)12-28(37)38)10-26(34-27)22-13-23(30)15-24(31)14-22/h10-11,13-17,19-20H,2-9,12,18H2,1H3,(H,37,38). The third-order valence-corrected chi connectivity index (χ3v) is 7.94. The molecule has 1 N–H and O–H groups in total. The van der Waals surface area contributed by atoms with E-state index in [2.05, 4.69) is 26.7 Å². The Kier molecular flexibility index (Phi) is 8.85. The van der Waals surface area contributed by atoms with Crippen molar-refractivity contribution in [1.29, 1.82) is 0 Å². The van der Waals surface area contributed by atoms with E-state index in [0.29, 0.717) is 33.9 Å². The van der Waals surface area contributed by atoms with Gasteiger partial charge in [0.05, 0.1) is 18.1 Å². The molecule has 2 aliphatic rings. The van der Waals surface area contributed by atoms with Crippen LogP contribution in [0.5, 0.6) is 11.6 Å². The fourth-order valence-corrected chi connectivity index (χ4v) is 5.79. The van der Waals surface area contributed by atoms with E-state index in [9.17, 15) is 4.79 Å². The molecule has 10 heteroatoms. The van der Waals surface area contributed by atoms with Crippen LogP contribution in [0.25, 0.3) is 11.3 Å². The van der Waals surface area contributed by atoms with Crippen molar-refractivity contribution in [1.82, 2.24) is 19.9 Å². The van der Waals surface area contributed by atoms with Crippen molar-refractivity contribution in [2.75, 3.05) is 31.1 Å². The lowest BCUT2D eigenvalue weighted by molar-refractivity contribution is -0.138. The highest BCUT2D eigenvalue weighted by molar-refractivity contribution is 6.35. The summed E-state index contributed by atoms with van der Waals surface area (Å²) in [7, 11) is 0. The number of carboxylic acids is 1. The fraction of sp³-hybridized carbons (Fsp3) is 0.448. The van der Waals surface area contributed by atoms with E-state index in [1.54, 1.807) is 18.5 Å². The molecule has 206 valence electrons. The molecule has 4 heterocycles. The predicted octanol–water partition coefficient (Wildman–Crippen LogP) is 6.56. The second kappa shape index (κ2) is 12.5. The van der Waals surface area contributed by atoms with Crippen LogP contribution in [0.2, 0.25) is 10.0 Å². The van der Waals surface area contributed by atoms with Crippen LogP contribution in [0, 0.1) is 11.8 Å². The molecule has 2 saturated heterocycles. The van der Waals surface area contributed by atoms with Crippen molar-refractivity contribution >= 4 is 35.1 Å². The first-order valence-electron chi connectivity index (χ1n) is 13.5. The summed E-state index contributed by atoms with van der Waals surface area (Å²) in [6, 6.07) is 9.31. The van der Waals surface area contributed by atoms with Crippen LogP contribution in [0.1, 0.15) is 44.6 Å². The van der Waals surface area contributed by atoms with Crippen molar-refractivity contribution < 1.29 is 14.6 Å². The molecule has 0 unspecified atom stereocenters. The second-order valence-electron chi connectivity index (χ2n) is 10.7. The maximum absolute atomic E-state index is 11.1. The lowest BCUT2D eigenvalue weighted by Gasteiger charge is -2.31. The zero-order chi connectivity index (χ0) is 27.4. The van der Waals surface area contributed by atoms with Gasteiger partial charge in [0.1, 0.15) is 0 Å². The summed E-state index contributed by atoms with van der Waals surface area (Å²) in [5.74, 6) is 1.91. The van der Waals surface area contributed by atoms with Gasteiger partial charge in [-0.05, 0) is 80.4 Å². The molecule has 0 atom stereocenters. The first kappa shape index (κ1) is 27.6. The number of pyridine rings is 1. The van der Waals surface area contributed by atoms with Crippen molar-refractivity contribution in [3.05, 3.63) is 58.3 Å². The third-order valence-electron chi connectivity index (χ3n) is 7.50. The first-order chi connectivity index (χ1) is 18.8. The van der Waals surface area contributed by atoms with Gasteiger partial charge in [-0.2, -0.15) is 0 Å². The number of hydrogen-bond donors (Lipinski definition) is 1. The number of carboxylic acid groups (broad SMARTS) is 1. The minimum absolute atomic E-state index is 0.232. The van der Waals surface area contributed by atoms with Crippen molar-refractivity contribution in [3.63, 3.8) is 0 Å². The highest BCUT2D eigenvalue weighted by atomic mass is 35.5. The van der Waals surface area contributed by atoms with Crippen LogP contribution in [0.4, 0.5) is 5.95 Å². The third kappa shape index (κ3) is 7.59. The summed E-state index contributed by atoms with van der Waals surface area (Å²) in [5, 5.41) is 10.2. The van der Waals surface area contributed by atoms with E-state index in [0.717, 1.165) is 74.9 Å². The van der Waals surface area contributed by atoms with E-state index >= 15 is 0 Å². The maximum atomic E-state index is 11.1. The molecule has 8 nitrogen and oxygen atoms in total. The van der Waals surface area contributed by atoms with Crippen molar-refractivity contribution in [2.24, 2.45) is 11.8 Å². The van der Waals surface area contributed by atoms with Gasteiger partial charge < -0.3 is 14.7 Å². The number of benzene rings is 1. The van der Waals surface area contributed by atoms with Gasteiger partial charge in [-0.1, -0.05) is 30.1 Å². The van der Waals surface area contributed by atoms with Crippen LogP contribution in [-0.2, 0) is 11.3 Å². The second-order valence-corrected chi connectivity index (χ2v) is 11.5. The smallest absolute Gasteiger partial charge is 0.303 e. The Balaban J connectivity index is 1.35. The summed E-state index contributed by atoms with van der Waals surface area (Å²) in [4.78, 5) is 29.5. The number of ether oxygens (including phenoxy) is 1. The summed E-state index contributed by atoms with van der Waals surface area (Å²) in [5.41, 5.74) is 2.53. The molecular weight excluding hydrogens is 537 g/mol. The van der Waals surface area contributed by atoms with Crippen LogP contribution in [-0.4, -0.2) is 57.1 Å². The molecule has 1 aromatic carbocycles. The van der Waals surface area contributed by atoms with Gasteiger partial charge in [-0.3, -0.25) is 9.69 Å². The number of carbonyl (C=O) groups is 1. The lowest BCUT2D eigenvalue weighted by Crippen LogP contribution is -2.34. The fourth-order valence-electron chi connectivity index (χ4n) is 5.26. The Morgan fingerprint density at radius 1 is 0.974 bits per heavy atom. The van der Waals surface area contributed by atoms with Crippen LogP contribution in [0.15, 0.2) is 42.7 Å². The van der Waals surface area contributed by atoms with Crippen molar-refractivity contribution in [3.8, 4) is 22.9 Å². The Morgan fingerprint density at radius 3 is 2.28 bits per heavy atom. The quantitative estimate of drug-likeness (QED) is 0.326. The van der Waals surface area contributed by atoms with Crippen LogP contribution >= 0.6 is 23.2 Å². The Hall–Kier alpha value is -2.94. The number of likely N-dealkylation sites (tertiary alicyclic amines) is 1. The average molecular weight is 571 g/mol. The number of rotatable bonds is 8. The zero-order valence-electron chi connectivity index (χ0n) is 22.0. The molecule has 3 aromatic rings. The molecule has 0 amide bonds. The zero-order valence-corrected chi connectivity index (χ0v) is 23.5. The Labute approximate surface area is 238 Å². The number of halogens is 2. The van der Waals surface area contributed by atoms with Crippen LogP contribution < -0.4 is 9.64 Å². The van der Waals surface area contributed by atoms with Gasteiger partial charge in [0.2, 0.25) is 11.8 Å². The van der Waals surface area contributed by atoms with Crippen molar-refractivity contribution in [2.45, 2.75) is 45.6 Å². The van der Waals surface area contributed by atoms with Crippen LogP contribution in [0.3, 0.4) is 0 Å². The SMILES string of the molecule is CC1CCN(c2ncc(Oc3cc(CN4CCC(CC(=O)O)CC4)cc(-c4cc(Cl)cc(Cl)c4)n3)cn2)CC1. The topological polar surface area (TPSA) is 91.7 Å². The molecule has 2 fully saturated rings. The van der Waals surface area contributed by atoms with Gasteiger partial charge >= 0.3 is 5.97 Å². The molecule has 0 aliphatic carbocycles. The highest BCUT2D eigenvalue weighted by Gasteiger charge is 2.22. The average Bonchev–Trinajstić information content (AvgIpc) is 2.90. The maximum Gasteiger partial charge on any atom is 0.303 e. The molecule has 5 rings (SSSR count). The minimum atomic E-state index is -0.725. The van der Waals surface area contributed by atoms with Gasteiger partial charge in [0, 0.05) is 47.7 Å². The molecule has 0 spiro atoms. The van der Waals surface area contributed by atoms with E-state index in [1.807, 2.05) is 24.3 Å². The Morgan fingerprint density at radius 2 is 1.64 bits per heavy atom. The number of anilines is 1. The number of aromatic nitrogens is 3. The molecular formula is C29H33Cl2N5O3. The molecule has 2 aromatic heterocycles. The first-order valence-corrected chi connectivity index (χ1v) is 14.2. The molecule has 0 bridgehead atoms. The number of aliphatic carboxylic acids is 1. The molecule has 0 radical (unpaired) electrons. The number of nitrogens with zero attached hydrogens (tertiary/aromatic N) is 5.